The van der Waals surface area contributed by atoms with Crippen LogP contribution >= 0.6 is 11.6 Å². The van der Waals surface area contributed by atoms with Crippen LogP contribution < -0.4 is 10.0 Å². The average Bonchev–Trinajstić information content (AvgIpc) is 2.80. The fourth-order valence-electron chi connectivity index (χ4n) is 2.95. The summed E-state index contributed by atoms with van der Waals surface area (Å²) in [5.74, 6) is 0.252. The Labute approximate surface area is 191 Å². The van der Waals surface area contributed by atoms with Gasteiger partial charge in [-0.05, 0) is 48.0 Å². The summed E-state index contributed by atoms with van der Waals surface area (Å²) < 4.78 is 33.6. The van der Waals surface area contributed by atoms with Gasteiger partial charge in [-0.1, -0.05) is 17.7 Å². The van der Waals surface area contributed by atoms with Gasteiger partial charge in [-0.2, -0.15) is 0 Å². The van der Waals surface area contributed by atoms with Crippen LogP contribution in [0.2, 0.25) is 5.15 Å². The number of fused-ring (bicyclic) bond motifs is 1. The minimum atomic E-state index is -1.63. The number of hydrogen-bond acceptors (Lipinski definition) is 6. The van der Waals surface area contributed by atoms with E-state index in [9.17, 15) is 8.60 Å². The fourth-order valence-corrected chi connectivity index (χ4v) is 4.01. The molecule has 1 unspecified atom stereocenters. The molecule has 1 atom stereocenters. The number of nitrogens with zero attached hydrogens (tertiary/aromatic N) is 3. The highest BCUT2D eigenvalue weighted by molar-refractivity contribution is 7.86. The van der Waals surface area contributed by atoms with Crippen LogP contribution in [0.1, 0.15) is 0 Å². The van der Waals surface area contributed by atoms with E-state index in [1.807, 2.05) is 18.2 Å². The third-order valence-corrected chi connectivity index (χ3v) is 5.96. The maximum atomic E-state index is 13.1. The number of ether oxygens (including phenoxy) is 1. The molecule has 10 heteroatoms. The third kappa shape index (κ3) is 5.18. The van der Waals surface area contributed by atoms with Gasteiger partial charge < -0.3 is 10.1 Å². The Hall–Kier alpha value is -3.14. The summed E-state index contributed by atoms with van der Waals surface area (Å²) in [6.45, 7) is 1.18. The first-order valence-corrected chi connectivity index (χ1v) is 11.2. The molecule has 0 saturated heterocycles. The second-order valence-electron chi connectivity index (χ2n) is 6.77. The monoisotopic (exact) mass is 471 g/mol. The Morgan fingerprint density at radius 3 is 2.62 bits per heavy atom. The van der Waals surface area contributed by atoms with Crippen LogP contribution in [0.4, 0.5) is 15.9 Å². The zero-order valence-electron chi connectivity index (χ0n) is 17.0. The highest BCUT2D eigenvalue weighted by atomic mass is 35.5. The summed E-state index contributed by atoms with van der Waals surface area (Å²) in [5.41, 5.74) is 3.47. The first kappa shape index (κ1) is 22.1. The van der Waals surface area contributed by atoms with Crippen molar-refractivity contribution in [2.75, 3.05) is 30.3 Å². The second-order valence-corrected chi connectivity index (χ2v) is 8.34. The number of halogens is 2. The van der Waals surface area contributed by atoms with Crippen molar-refractivity contribution in [3.8, 4) is 11.1 Å². The van der Waals surface area contributed by atoms with E-state index in [1.54, 1.807) is 25.6 Å². The maximum absolute atomic E-state index is 13.1. The lowest BCUT2D eigenvalue weighted by atomic mass is 10.1. The quantitative estimate of drug-likeness (QED) is 0.286. The molecule has 2 aromatic carbocycles. The Kier molecular flexibility index (Phi) is 6.89. The molecule has 0 aliphatic rings. The first-order chi connectivity index (χ1) is 15.5. The molecule has 0 saturated carbocycles. The van der Waals surface area contributed by atoms with Gasteiger partial charge in [-0.25, -0.2) is 18.6 Å². The SMILES string of the molecule is COCCNc1cnc2ccc(-c3cnc(Cl)c(NS(=O)c4ccc(F)cc4)c3)cc2n1. The molecule has 32 heavy (non-hydrogen) atoms. The lowest BCUT2D eigenvalue weighted by molar-refractivity contribution is 0.210. The molecule has 0 aliphatic heterocycles. The molecule has 2 aromatic heterocycles. The van der Waals surface area contributed by atoms with Crippen molar-refractivity contribution in [2.45, 2.75) is 4.90 Å². The standard InChI is InChI=1S/C22H19ClFN5O2S/c1-31-9-8-25-21-13-26-18-7-2-14(10-19(18)28-21)15-11-20(22(23)27-12-15)29-32(30)17-5-3-16(24)4-6-17/h2-7,10-13,29H,8-9H2,1H3,(H,25,28). The summed E-state index contributed by atoms with van der Waals surface area (Å²) in [7, 11) is 0.00822. The van der Waals surface area contributed by atoms with Gasteiger partial charge in [0.15, 0.2) is 5.15 Å². The predicted octanol–water partition coefficient (Wildman–Crippen LogP) is 4.68. The Bertz CT molecular complexity index is 1270. The van der Waals surface area contributed by atoms with E-state index in [1.165, 1.54) is 24.3 Å². The molecular weight excluding hydrogens is 453 g/mol. The number of pyridine rings is 1. The van der Waals surface area contributed by atoms with Crippen LogP contribution in [0.5, 0.6) is 0 Å². The van der Waals surface area contributed by atoms with Crippen molar-refractivity contribution in [2.24, 2.45) is 0 Å². The predicted molar refractivity (Wildman–Crippen MR) is 125 cm³/mol. The van der Waals surface area contributed by atoms with Crippen LogP contribution in [0, 0.1) is 5.82 Å². The van der Waals surface area contributed by atoms with E-state index in [0.717, 1.165) is 16.6 Å². The molecule has 2 heterocycles. The molecule has 0 aliphatic carbocycles. The molecule has 164 valence electrons. The molecule has 0 spiro atoms. The molecule has 4 rings (SSSR count). The Morgan fingerprint density at radius 1 is 1.03 bits per heavy atom. The Morgan fingerprint density at radius 2 is 1.84 bits per heavy atom. The number of anilines is 2. The molecule has 7 nitrogen and oxygen atoms in total. The molecule has 0 fully saturated rings. The summed E-state index contributed by atoms with van der Waals surface area (Å²) in [5, 5.41) is 3.33. The van der Waals surface area contributed by atoms with Crippen molar-refractivity contribution in [1.82, 2.24) is 15.0 Å². The van der Waals surface area contributed by atoms with E-state index in [-0.39, 0.29) is 5.15 Å². The lowest BCUT2D eigenvalue weighted by Crippen LogP contribution is -2.09. The molecule has 0 amide bonds. The number of nitrogens with one attached hydrogen (secondary N) is 2. The smallest absolute Gasteiger partial charge is 0.153 e. The van der Waals surface area contributed by atoms with Crippen LogP contribution in [0.25, 0.3) is 22.2 Å². The van der Waals surface area contributed by atoms with Gasteiger partial charge in [0.05, 0.1) is 34.4 Å². The van der Waals surface area contributed by atoms with Crippen LogP contribution in [0.15, 0.2) is 65.8 Å². The van der Waals surface area contributed by atoms with Crippen molar-refractivity contribution in [3.63, 3.8) is 0 Å². The fraction of sp³-hybridized carbons (Fsp3) is 0.136. The van der Waals surface area contributed by atoms with Gasteiger partial charge in [-0.3, -0.25) is 9.71 Å². The molecule has 0 radical (unpaired) electrons. The summed E-state index contributed by atoms with van der Waals surface area (Å²) in [6.07, 6.45) is 3.30. The number of methoxy groups -OCH3 is 1. The van der Waals surface area contributed by atoms with E-state index in [2.05, 4.69) is 25.0 Å². The zero-order valence-corrected chi connectivity index (χ0v) is 18.6. The van der Waals surface area contributed by atoms with Crippen LogP contribution in [0.3, 0.4) is 0 Å². The lowest BCUT2D eigenvalue weighted by Gasteiger charge is -2.10. The molecule has 2 N–H and O–H groups in total. The van der Waals surface area contributed by atoms with Crippen LogP contribution in [-0.2, 0) is 15.7 Å². The van der Waals surface area contributed by atoms with Crippen LogP contribution in [-0.4, -0.2) is 39.4 Å². The molecule has 4 aromatic rings. The first-order valence-electron chi connectivity index (χ1n) is 9.63. The zero-order chi connectivity index (χ0) is 22.5. The van der Waals surface area contributed by atoms with Crippen molar-refractivity contribution in [1.29, 1.82) is 0 Å². The number of rotatable bonds is 8. The van der Waals surface area contributed by atoms with E-state index in [0.29, 0.717) is 35.1 Å². The molecule has 0 bridgehead atoms. The van der Waals surface area contributed by atoms with Gasteiger partial charge in [0.1, 0.15) is 22.6 Å². The summed E-state index contributed by atoms with van der Waals surface area (Å²) in [4.78, 5) is 13.7. The minimum absolute atomic E-state index is 0.175. The summed E-state index contributed by atoms with van der Waals surface area (Å²) in [6, 6.07) is 12.8. The van der Waals surface area contributed by atoms with Gasteiger partial charge in [0, 0.05) is 25.4 Å². The second kappa shape index (κ2) is 9.99. The van der Waals surface area contributed by atoms with E-state index >= 15 is 0 Å². The van der Waals surface area contributed by atoms with Gasteiger partial charge >= 0.3 is 0 Å². The maximum Gasteiger partial charge on any atom is 0.153 e. The summed E-state index contributed by atoms with van der Waals surface area (Å²) >= 11 is 6.21. The normalized spacial score (nSPS) is 12.0. The number of benzene rings is 2. The number of hydrogen-bond donors (Lipinski definition) is 2. The minimum Gasteiger partial charge on any atom is -0.383 e. The van der Waals surface area contributed by atoms with E-state index < -0.39 is 16.8 Å². The van der Waals surface area contributed by atoms with E-state index in [4.69, 9.17) is 16.3 Å². The average molecular weight is 472 g/mol. The molecular formula is C22H19ClFN5O2S. The third-order valence-electron chi connectivity index (χ3n) is 4.56. The highest BCUT2D eigenvalue weighted by Crippen LogP contribution is 2.29. The van der Waals surface area contributed by atoms with Crippen molar-refractivity contribution >= 4 is 45.1 Å². The van der Waals surface area contributed by atoms with Gasteiger partial charge in [-0.15, -0.1) is 0 Å². The van der Waals surface area contributed by atoms with Gasteiger partial charge in [0.25, 0.3) is 0 Å². The Balaban J connectivity index is 1.60. The van der Waals surface area contributed by atoms with Crippen molar-refractivity contribution in [3.05, 3.63) is 71.9 Å². The van der Waals surface area contributed by atoms with Crippen molar-refractivity contribution < 1.29 is 13.3 Å². The largest absolute Gasteiger partial charge is 0.383 e. The number of aromatic nitrogens is 3. The highest BCUT2D eigenvalue weighted by Gasteiger charge is 2.11. The van der Waals surface area contributed by atoms with Gasteiger partial charge in [0.2, 0.25) is 0 Å². The topological polar surface area (TPSA) is 89.0 Å².